The van der Waals surface area contributed by atoms with Gasteiger partial charge in [0.1, 0.15) is 5.82 Å². The smallest absolute Gasteiger partial charge is 0.128 e. The van der Waals surface area contributed by atoms with Crippen LogP contribution in [0.25, 0.3) is 11.0 Å². The Kier molecular flexibility index (Phi) is 4.12. The van der Waals surface area contributed by atoms with Crippen molar-refractivity contribution in [3.63, 3.8) is 0 Å². The summed E-state index contributed by atoms with van der Waals surface area (Å²) in [7, 11) is 0. The molecule has 0 amide bonds. The second kappa shape index (κ2) is 5.34. The van der Waals surface area contributed by atoms with E-state index < -0.39 is 0 Å². The van der Waals surface area contributed by atoms with Crippen LogP contribution >= 0.6 is 23.2 Å². The normalized spacial score (nSPS) is 14.0. The third-order valence-corrected chi connectivity index (χ3v) is 4.49. The molecule has 0 aliphatic carbocycles. The maximum Gasteiger partial charge on any atom is 0.128 e. The predicted octanol–water partition coefficient (Wildman–Crippen LogP) is 5.52. The van der Waals surface area contributed by atoms with Gasteiger partial charge in [0, 0.05) is 10.6 Å². The van der Waals surface area contributed by atoms with Crippen LogP contribution in [0.3, 0.4) is 0 Å². The Hall–Kier alpha value is -0.730. The first kappa shape index (κ1) is 14.7. The number of fused-ring (bicyclic) bond motifs is 1. The number of imidazole rings is 1. The number of hydrogen-bond donors (Lipinski definition) is 0. The molecule has 2 rings (SSSR count). The summed E-state index contributed by atoms with van der Waals surface area (Å²) >= 11 is 12.5. The highest BCUT2D eigenvalue weighted by atomic mass is 35.5. The summed E-state index contributed by atoms with van der Waals surface area (Å²) in [6.07, 6.45) is 2.05. The quantitative estimate of drug-likeness (QED) is 0.679. The molecule has 0 bridgehead atoms. The van der Waals surface area contributed by atoms with E-state index in [9.17, 15) is 0 Å². The van der Waals surface area contributed by atoms with Crippen molar-refractivity contribution in [3.8, 4) is 0 Å². The van der Waals surface area contributed by atoms with Crippen molar-refractivity contribution < 1.29 is 0 Å². The van der Waals surface area contributed by atoms with Gasteiger partial charge in [-0.15, -0.1) is 11.6 Å². The van der Waals surface area contributed by atoms with Crippen LogP contribution < -0.4 is 0 Å². The minimum atomic E-state index is -0.122. The average molecular weight is 299 g/mol. The molecule has 0 fully saturated rings. The van der Waals surface area contributed by atoms with Crippen molar-refractivity contribution >= 4 is 34.2 Å². The third kappa shape index (κ3) is 2.48. The van der Waals surface area contributed by atoms with E-state index in [4.69, 9.17) is 23.2 Å². The van der Waals surface area contributed by atoms with Crippen LogP contribution in [0.2, 0.25) is 5.02 Å². The summed E-state index contributed by atoms with van der Waals surface area (Å²) in [6, 6.07) is 5.82. The van der Waals surface area contributed by atoms with Gasteiger partial charge in [-0.2, -0.15) is 0 Å². The third-order valence-electron chi connectivity index (χ3n) is 4.06. The van der Waals surface area contributed by atoms with Gasteiger partial charge in [-0.05, 0) is 44.9 Å². The van der Waals surface area contributed by atoms with Crippen molar-refractivity contribution in [1.82, 2.24) is 9.55 Å². The summed E-state index contributed by atoms with van der Waals surface area (Å²) in [5.41, 5.74) is 2.04. The van der Waals surface area contributed by atoms with E-state index in [0.29, 0.717) is 0 Å². The first-order valence-corrected chi connectivity index (χ1v) is 7.57. The molecule has 1 unspecified atom stereocenters. The van der Waals surface area contributed by atoms with Gasteiger partial charge in [-0.25, -0.2) is 4.98 Å². The lowest BCUT2D eigenvalue weighted by Gasteiger charge is -2.32. The van der Waals surface area contributed by atoms with E-state index in [2.05, 4.69) is 30.3 Å². The Bertz CT molecular complexity index is 583. The largest absolute Gasteiger partial charge is 0.321 e. The fourth-order valence-corrected chi connectivity index (χ4v) is 2.78. The zero-order valence-electron chi connectivity index (χ0n) is 11.9. The van der Waals surface area contributed by atoms with Gasteiger partial charge in [-0.3, -0.25) is 0 Å². The molecule has 0 aliphatic heterocycles. The summed E-state index contributed by atoms with van der Waals surface area (Å²) < 4.78 is 2.27. The van der Waals surface area contributed by atoms with Crippen LogP contribution in [0.5, 0.6) is 0 Å². The fraction of sp³-hybridized carbons (Fsp3) is 0.533. The van der Waals surface area contributed by atoms with Crippen LogP contribution in [-0.2, 0) is 5.54 Å². The number of aromatic nitrogens is 2. The Morgan fingerprint density at radius 2 is 1.95 bits per heavy atom. The molecule has 0 saturated heterocycles. The zero-order valence-corrected chi connectivity index (χ0v) is 13.4. The molecule has 4 heteroatoms. The van der Waals surface area contributed by atoms with Gasteiger partial charge >= 0.3 is 0 Å². The Morgan fingerprint density at radius 3 is 2.47 bits per heavy atom. The Morgan fingerprint density at radius 1 is 1.32 bits per heavy atom. The molecule has 2 nitrogen and oxygen atoms in total. The molecule has 0 spiro atoms. The highest BCUT2D eigenvalue weighted by molar-refractivity contribution is 6.31. The van der Waals surface area contributed by atoms with Gasteiger partial charge in [0.25, 0.3) is 0 Å². The van der Waals surface area contributed by atoms with Crippen molar-refractivity contribution in [2.24, 2.45) is 0 Å². The lowest BCUT2D eigenvalue weighted by atomic mass is 9.94. The highest BCUT2D eigenvalue weighted by Gasteiger charge is 2.28. The molecule has 1 atom stereocenters. The van der Waals surface area contributed by atoms with E-state index in [-0.39, 0.29) is 10.9 Å². The fourth-order valence-electron chi connectivity index (χ4n) is 2.47. The molecule has 0 radical (unpaired) electrons. The first-order valence-electron chi connectivity index (χ1n) is 6.75. The van der Waals surface area contributed by atoms with E-state index in [0.717, 1.165) is 34.7 Å². The average Bonchev–Trinajstić information content (AvgIpc) is 2.77. The number of hydrogen-bond acceptors (Lipinski definition) is 1. The molecule has 1 aromatic carbocycles. The number of rotatable bonds is 4. The summed E-state index contributed by atoms with van der Waals surface area (Å²) in [6.45, 7) is 8.61. The van der Waals surface area contributed by atoms with Crippen molar-refractivity contribution in [2.75, 3.05) is 0 Å². The Labute approximate surface area is 124 Å². The maximum atomic E-state index is 6.32. The first-order chi connectivity index (χ1) is 8.92. The van der Waals surface area contributed by atoms with E-state index in [1.807, 2.05) is 25.1 Å². The number of nitrogens with zero attached hydrogens (tertiary/aromatic N) is 2. The van der Waals surface area contributed by atoms with Crippen LogP contribution in [0.15, 0.2) is 18.2 Å². The molecule has 1 heterocycles. The molecule has 104 valence electrons. The number of halogens is 2. The van der Waals surface area contributed by atoms with Gasteiger partial charge in [0.15, 0.2) is 0 Å². The second-order valence-corrected chi connectivity index (χ2v) is 6.35. The van der Waals surface area contributed by atoms with E-state index in [1.165, 1.54) is 0 Å². The summed E-state index contributed by atoms with van der Waals surface area (Å²) in [5.74, 6) is 0.921. The lowest BCUT2D eigenvalue weighted by molar-refractivity contribution is 0.293. The standard InChI is InChI=1S/C15H20Cl2N2/c1-5-15(4,6-2)19-13-9-11(17)7-8-12(13)18-14(19)10(3)16/h7-10H,5-6H2,1-4H3. The zero-order chi connectivity index (χ0) is 14.2. The van der Waals surface area contributed by atoms with Crippen LogP contribution in [0.1, 0.15) is 51.7 Å². The SMILES string of the molecule is CCC(C)(CC)n1c(C(C)Cl)nc2ccc(Cl)cc21. The van der Waals surface area contributed by atoms with E-state index >= 15 is 0 Å². The van der Waals surface area contributed by atoms with Gasteiger partial charge in [-0.1, -0.05) is 25.4 Å². The van der Waals surface area contributed by atoms with Crippen molar-refractivity contribution in [3.05, 3.63) is 29.0 Å². The minimum absolute atomic E-state index is 0.0118. The molecular weight excluding hydrogens is 279 g/mol. The predicted molar refractivity (Wildman–Crippen MR) is 83.2 cm³/mol. The highest BCUT2D eigenvalue weighted by Crippen LogP contribution is 2.35. The molecule has 19 heavy (non-hydrogen) atoms. The van der Waals surface area contributed by atoms with Crippen LogP contribution in [0.4, 0.5) is 0 Å². The van der Waals surface area contributed by atoms with Crippen molar-refractivity contribution in [2.45, 2.75) is 51.5 Å². The van der Waals surface area contributed by atoms with Gasteiger partial charge in [0.05, 0.1) is 16.4 Å². The van der Waals surface area contributed by atoms with Crippen LogP contribution in [0, 0.1) is 0 Å². The molecule has 1 aromatic heterocycles. The van der Waals surface area contributed by atoms with Crippen molar-refractivity contribution in [1.29, 1.82) is 0 Å². The molecule has 0 N–H and O–H groups in total. The molecular formula is C15H20Cl2N2. The molecule has 0 saturated carbocycles. The van der Waals surface area contributed by atoms with Crippen LogP contribution in [-0.4, -0.2) is 9.55 Å². The second-order valence-electron chi connectivity index (χ2n) is 5.26. The topological polar surface area (TPSA) is 17.8 Å². The Balaban J connectivity index is 2.81. The minimum Gasteiger partial charge on any atom is -0.321 e. The molecule has 0 aliphatic rings. The van der Waals surface area contributed by atoms with Gasteiger partial charge < -0.3 is 4.57 Å². The number of alkyl halides is 1. The summed E-state index contributed by atoms with van der Waals surface area (Å²) in [5, 5.41) is 0.612. The van der Waals surface area contributed by atoms with Gasteiger partial charge in [0.2, 0.25) is 0 Å². The monoisotopic (exact) mass is 298 g/mol. The maximum absolute atomic E-state index is 6.32. The molecule has 2 aromatic rings. The van der Waals surface area contributed by atoms with E-state index in [1.54, 1.807) is 0 Å². The number of benzene rings is 1. The summed E-state index contributed by atoms with van der Waals surface area (Å²) in [4.78, 5) is 4.69. The lowest BCUT2D eigenvalue weighted by Crippen LogP contribution is -2.30.